The molecule has 2 bridgehead atoms. The van der Waals surface area contributed by atoms with Gasteiger partial charge in [0.25, 0.3) is 5.91 Å². The van der Waals surface area contributed by atoms with Gasteiger partial charge in [0.2, 0.25) is 0 Å². The van der Waals surface area contributed by atoms with Gasteiger partial charge < -0.3 is 14.8 Å². The Balaban J connectivity index is 1.74. The third kappa shape index (κ3) is 1.98. The van der Waals surface area contributed by atoms with Crippen molar-refractivity contribution in [2.75, 3.05) is 7.11 Å². The van der Waals surface area contributed by atoms with E-state index in [9.17, 15) is 9.59 Å². The highest BCUT2D eigenvalue weighted by Gasteiger charge is 2.75. The Hall–Kier alpha value is -2.04. The molecule has 0 unspecified atom stereocenters. The van der Waals surface area contributed by atoms with Gasteiger partial charge in [0.1, 0.15) is 5.75 Å². The molecule has 1 amide bonds. The number of carbonyl (C=O) groups excluding carboxylic acids is 2. The number of methoxy groups -OCH3 is 1. The van der Waals surface area contributed by atoms with E-state index in [1.165, 1.54) is 0 Å². The molecule has 124 valence electrons. The van der Waals surface area contributed by atoms with Crippen molar-refractivity contribution in [3.8, 4) is 5.75 Å². The van der Waals surface area contributed by atoms with Crippen LogP contribution in [0.25, 0.3) is 0 Å². The van der Waals surface area contributed by atoms with Gasteiger partial charge in [-0.25, -0.2) is 0 Å². The number of carbonyl (C=O) groups is 2. The lowest BCUT2D eigenvalue weighted by molar-refractivity contribution is -0.168. The van der Waals surface area contributed by atoms with Crippen LogP contribution in [0.1, 0.15) is 39.2 Å². The van der Waals surface area contributed by atoms with Gasteiger partial charge in [-0.1, -0.05) is 26.0 Å². The summed E-state index contributed by atoms with van der Waals surface area (Å²) in [6.07, 6.45) is 1.27. The fourth-order valence-corrected chi connectivity index (χ4v) is 3.82. The highest BCUT2D eigenvalue weighted by molar-refractivity contribution is 5.96. The molecular weight excluding hydrogens is 294 g/mol. The molecule has 1 N–H and O–H groups in total. The first-order valence-electron chi connectivity index (χ1n) is 7.91. The molecule has 3 rings (SSSR count). The summed E-state index contributed by atoms with van der Waals surface area (Å²) in [5.41, 5.74) is -1.17. The first-order chi connectivity index (χ1) is 10.8. The fraction of sp³-hybridized carbons (Fsp3) is 0.556. The molecule has 0 radical (unpaired) electrons. The molecule has 5 nitrogen and oxygen atoms in total. The molecule has 1 aromatic rings. The highest BCUT2D eigenvalue weighted by atomic mass is 16.6. The van der Waals surface area contributed by atoms with Gasteiger partial charge >= 0.3 is 5.97 Å². The van der Waals surface area contributed by atoms with Gasteiger partial charge in [-0.15, -0.1) is 0 Å². The van der Waals surface area contributed by atoms with E-state index in [-0.39, 0.29) is 11.9 Å². The van der Waals surface area contributed by atoms with Crippen LogP contribution in [-0.4, -0.2) is 24.6 Å². The van der Waals surface area contributed by atoms with Gasteiger partial charge in [-0.05, 0) is 37.5 Å². The zero-order valence-electron chi connectivity index (χ0n) is 14.1. The van der Waals surface area contributed by atoms with E-state index in [1.807, 2.05) is 45.0 Å². The molecule has 1 aliphatic carbocycles. The molecule has 0 spiro atoms. The molecule has 1 saturated carbocycles. The van der Waals surface area contributed by atoms with Gasteiger partial charge in [0, 0.05) is 12.0 Å². The lowest BCUT2D eigenvalue weighted by Crippen LogP contribution is -2.53. The van der Waals surface area contributed by atoms with Crippen LogP contribution < -0.4 is 10.1 Å². The van der Waals surface area contributed by atoms with Crippen LogP contribution >= 0.6 is 0 Å². The van der Waals surface area contributed by atoms with Gasteiger partial charge in [0.15, 0.2) is 5.60 Å². The van der Waals surface area contributed by atoms with Crippen LogP contribution in [0.2, 0.25) is 0 Å². The van der Waals surface area contributed by atoms with E-state index < -0.39 is 16.4 Å². The first-order valence-corrected chi connectivity index (χ1v) is 7.91. The van der Waals surface area contributed by atoms with Crippen LogP contribution in [0.3, 0.4) is 0 Å². The number of ether oxygens (including phenoxy) is 2. The molecule has 2 fully saturated rings. The number of rotatable bonds is 4. The highest BCUT2D eigenvalue weighted by Crippen LogP contribution is 2.65. The van der Waals surface area contributed by atoms with Crippen molar-refractivity contribution >= 4 is 11.9 Å². The van der Waals surface area contributed by atoms with E-state index in [4.69, 9.17) is 9.47 Å². The third-order valence-electron chi connectivity index (χ3n) is 6.06. The first kappa shape index (κ1) is 15.8. The lowest BCUT2D eigenvalue weighted by Gasteiger charge is -2.35. The lowest BCUT2D eigenvalue weighted by atomic mass is 9.66. The molecular formula is C18H23NO4. The summed E-state index contributed by atoms with van der Waals surface area (Å²) >= 11 is 0. The Morgan fingerprint density at radius 1 is 1.22 bits per heavy atom. The van der Waals surface area contributed by atoms with E-state index in [2.05, 4.69) is 5.32 Å². The maximum absolute atomic E-state index is 12.8. The van der Waals surface area contributed by atoms with Crippen molar-refractivity contribution in [1.29, 1.82) is 0 Å². The van der Waals surface area contributed by atoms with Crippen LogP contribution in [0.5, 0.6) is 5.75 Å². The normalized spacial score (nSPS) is 30.9. The molecule has 2 aliphatic rings. The Bertz CT molecular complexity index is 651. The monoisotopic (exact) mass is 317 g/mol. The Kier molecular flexibility index (Phi) is 3.43. The van der Waals surface area contributed by atoms with Crippen LogP contribution in [0, 0.1) is 10.8 Å². The van der Waals surface area contributed by atoms with Crippen LogP contribution in [0.15, 0.2) is 24.3 Å². The van der Waals surface area contributed by atoms with E-state index in [0.717, 1.165) is 11.3 Å². The molecule has 2 atom stereocenters. The summed E-state index contributed by atoms with van der Waals surface area (Å²) in [6.45, 7) is 6.21. The van der Waals surface area contributed by atoms with E-state index in [1.54, 1.807) is 7.11 Å². The summed E-state index contributed by atoms with van der Waals surface area (Å²) in [6, 6.07) is 7.51. The number of esters is 1. The minimum Gasteiger partial charge on any atom is -0.497 e. The van der Waals surface area contributed by atoms with Gasteiger partial charge in [-0.3, -0.25) is 9.59 Å². The number of hydrogen-bond acceptors (Lipinski definition) is 4. The molecule has 1 heterocycles. The summed E-state index contributed by atoms with van der Waals surface area (Å²) in [7, 11) is 1.61. The van der Waals surface area contributed by atoms with Crippen LogP contribution in [-0.2, 0) is 20.9 Å². The molecule has 0 aromatic heterocycles. The summed E-state index contributed by atoms with van der Waals surface area (Å²) in [4.78, 5) is 25.0. The second kappa shape index (κ2) is 4.98. The smallest absolute Gasteiger partial charge is 0.313 e. The Morgan fingerprint density at radius 2 is 1.87 bits per heavy atom. The van der Waals surface area contributed by atoms with Crippen molar-refractivity contribution in [3.05, 3.63) is 29.8 Å². The van der Waals surface area contributed by atoms with Crippen molar-refractivity contribution in [2.45, 2.75) is 45.8 Å². The average Bonchev–Trinajstić information content (AvgIpc) is 2.83. The summed E-state index contributed by atoms with van der Waals surface area (Å²) < 4.78 is 10.7. The zero-order chi connectivity index (χ0) is 16.9. The standard InChI is InChI=1S/C18H23NO4/c1-16(2)17(3)9-10-18(16,23-15(17)21)14(20)19-11-12-5-7-13(22-4)8-6-12/h5-8H,9-11H2,1-4H3,(H,19,20)/t17-,18-/m0/s1. The Labute approximate surface area is 136 Å². The topological polar surface area (TPSA) is 64.6 Å². The predicted molar refractivity (Wildman–Crippen MR) is 84.8 cm³/mol. The van der Waals surface area contributed by atoms with Crippen molar-refractivity contribution in [2.24, 2.45) is 10.8 Å². The minimum atomic E-state index is -1.05. The number of nitrogens with one attached hydrogen (secondary N) is 1. The average molecular weight is 317 g/mol. The maximum atomic E-state index is 12.8. The minimum absolute atomic E-state index is 0.201. The zero-order valence-corrected chi connectivity index (χ0v) is 14.1. The Morgan fingerprint density at radius 3 is 2.35 bits per heavy atom. The molecule has 1 saturated heterocycles. The fourth-order valence-electron chi connectivity index (χ4n) is 3.82. The third-order valence-corrected chi connectivity index (χ3v) is 6.06. The predicted octanol–water partition coefficient (Wildman–Crippen LogP) is 2.43. The number of benzene rings is 1. The quantitative estimate of drug-likeness (QED) is 0.866. The molecule has 5 heteroatoms. The second-order valence-electron chi connectivity index (χ2n) is 7.20. The van der Waals surface area contributed by atoms with Crippen LogP contribution in [0.4, 0.5) is 0 Å². The largest absolute Gasteiger partial charge is 0.497 e. The molecule has 1 aromatic carbocycles. The van der Waals surface area contributed by atoms with Gasteiger partial charge in [0.05, 0.1) is 12.5 Å². The maximum Gasteiger partial charge on any atom is 0.313 e. The summed E-state index contributed by atoms with van der Waals surface area (Å²) in [5.74, 6) is 0.317. The van der Waals surface area contributed by atoms with Gasteiger partial charge in [-0.2, -0.15) is 0 Å². The van der Waals surface area contributed by atoms with E-state index >= 15 is 0 Å². The van der Waals surface area contributed by atoms with E-state index in [0.29, 0.717) is 19.4 Å². The van der Waals surface area contributed by atoms with Crippen molar-refractivity contribution in [1.82, 2.24) is 5.32 Å². The molecule has 1 aliphatic heterocycles. The SMILES string of the molecule is COc1ccc(CNC(=O)[C@]23CC[C@@](C)(C(=O)O2)C3(C)C)cc1. The molecule has 23 heavy (non-hydrogen) atoms. The number of amides is 1. The number of hydrogen-bond donors (Lipinski definition) is 1. The second-order valence-corrected chi connectivity index (χ2v) is 7.20. The number of fused-ring (bicyclic) bond motifs is 2. The van der Waals surface area contributed by atoms with Crippen molar-refractivity contribution in [3.63, 3.8) is 0 Å². The summed E-state index contributed by atoms with van der Waals surface area (Å²) in [5, 5.41) is 2.93. The van der Waals surface area contributed by atoms with Crippen molar-refractivity contribution < 1.29 is 19.1 Å².